The molecular formula is C19H22N2O4. The van der Waals surface area contributed by atoms with Crippen LogP contribution in [0.3, 0.4) is 0 Å². The van der Waals surface area contributed by atoms with Crippen LogP contribution in [0.15, 0.2) is 53.5 Å². The lowest BCUT2D eigenvalue weighted by atomic mass is 10.1. The molecule has 2 aromatic rings. The fourth-order valence-corrected chi connectivity index (χ4v) is 2.21. The Balaban J connectivity index is 2.35. The molecule has 0 radical (unpaired) electrons. The number of ether oxygens (including phenoxy) is 2. The van der Waals surface area contributed by atoms with Crippen LogP contribution in [0.4, 0.5) is 0 Å². The van der Waals surface area contributed by atoms with Crippen LogP contribution in [-0.2, 0) is 9.53 Å². The molecule has 6 heteroatoms. The summed E-state index contributed by atoms with van der Waals surface area (Å²) >= 11 is 0. The molecule has 0 unspecified atom stereocenters. The second-order valence-corrected chi connectivity index (χ2v) is 5.19. The van der Waals surface area contributed by atoms with Crippen molar-refractivity contribution in [3.05, 3.63) is 64.6 Å². The van der Waals surface area contributed by atoms with E-state index in [0.29, 0.717) is 19.8 Å². The molecule has 25 heavy (non-hydrogen) atoms. The number of aromatic nitrogens is 1. The van der Waals surface area contributed by atoms with Gasteiger partial charge >= 0.3 is 0 Å². The van der Waals surface area contributed by atoms with E-state index in [9.17, 15) is 9.59 Å². The van der Waals surface area contributed by atoms with Gasteiger partial charge in [-0.15, -0.1) is 0 Å². The van der Waals surface area contributed by atoms with Gasteiger partial charge in [0.15, 0.2) is 0 Å². The number of hydrogen-bond acceptors (Lipinski definition) is 4. The third-order valence-electron chi connectivity index (χ3n) is 3.40. The summed E-state index contributed by atoms with van der Waals surface area (Å²) in [6.45, 7) is 3.25. The molecule has 1 aromatic heterocycles. The van der Waals surface area contributed by atoms with Crippen molar-refractivity contribution in [1.29, 1.82) is 0 Å². The summed E-state index contributed by atoms with van der Waals surface area (Å²) in [7, 11) is 1.56. The van der Waals surface area contributed by atoms with Gasteiger partial charge in [0.1, 0.15) is 11.4 Å². The van der Waals surface area contributed by atoms with E-state index in [1.54, 1.807) is 31.5 Å². The molecule has 2 rings (SSSR count). The van der Waals surface area contributed by atoms with Gasteiger partial charge in [0.2, 0.25) is 0 Å². The Kier molecular flexibility index (Phi) is 6.98. The van der Waals surface area contributed by atoms with E-state index in [1.165, 1.54) is 10.6 Å². The summed E-state index contributed by atoms with van der Waals surface area (Å²) in [5.74, 6) is 0.404. The molecule has 132 valence electrons. The lowest BCUT2D eigenvalue weighted by Gasteiger charge is -2.11. The minimum Gasteiger partial charge on any atom is -0.494 e. The molecule has 0 atom stereocenters. The van der Waals surface area contributed by atoms with Crippen LogP contribution in [0.2, 0.25) is 0 Å². The quantitative estimate of drug-likeness (QED) is 0.588. The molecule has 0 saturated carbocycles. The number of carbonyl (C=O) groups excluding carboxylic acids is 1. The summed E-state index contributed by atoms with van der Waals surface area (Å²) in [5, 5.41) is 2.74. The van der Waals surface area contributed by atoms with Gasteiger partial charge in [0.05, 0.1) is 13.2 Å². The number of pyridine rings is 1. The van der Waals surface area contributed by atoms with Crippen molar-refractivity contribution in [3.63, 3.8) is 0 Å². The third-order valence-corrected chi connectivity index (χ3v) is 3.40. The lowest BCUT2D eigenvalue weighted by molar-refractivity contribution is -0.116. The Morgan fingerprint density at radius 1 is 1.20 bits per heavy atom. The monoisotopic (exact) mass is 342 g/mol. The summed E-state index contributed by atoms with van der Waals surface area (Å²) in [5.41, 5.74) is 0.753. The van der Waals surface area contributed by atoms with E-state index in [2.05, 4.69) is 5.32 Å². The average molecular weight is 342 g/mol. The Morgan fingerprint density at radius 2 is 1.96 bits per heavy atom. The van der Waals surface area contributed by atoms with Gasteiger partial charge in [-0.3, -0.25) is 14.2 Å². The highest BCUT2D eigenvalue weighted by Gasteiger charge is 2.12. The molecule has 0 bridgehead atoms. The minimum absolute atomic E-state index is 0.242. The smallest absolute Gasteiger partial charge is 0.268 e. The van der Waals surface area contributed by atoms with Crippen LogP contribution >= 0.6 is 0 Å². The molecular weight excluding hydrogens is 320 g/mol. The first-order valence-electron chi connectivity index (χ1n) is 8.05. The standard InChI is InChI=1S/C19H22N2O4/c1-3-25-16-9-7-15(8-10-16)14-17(19(23)20-11-13-24-2)21-12-5-4-6-18(21)22/h4-10,12,14H,3,11,13H2,1-2H3,(H,20,23)/b17-14+. The molecule has 1 aromatic carbocycles. The van der Waals surface area contributed by atoms with E-state index in [1.807, 2.05) is 31.2 Å². The van der Waals surface area contributed by atoms with Crippen molar-refractivity contribution < 1.29 is 14.3 Å². The van der Waals surface area contributed by atoms with E-state index >= 15 is 0 Å². The number of nitrogens with one attached hydrogen (secondary N) is 1. The first kappa shape index (κ1) is 18.5. The number of carbonyl (C=O) groups is 1. The topological polar surface area (TPSA) is 69.6 Å². The lowest BCUT2D eigenvalue weighted by Crippen LogP contribution is -2.32. The molecule has 0 aliphatic heterocycles. The Morgan fingerprint density at radius 3 is 2.60 bits per heavy atom. The number of rotatable bonds is 8. The summed E-state index contributed by atoms with van der Waals surface area (Å²) < 4.78 is 11.7. The van der Waals surface area contributed by atoms with E-state index in [0.717, 1.165) is 11.3 Å². The zero-order valence-corrected chi connectivity index (χ0v) is 14.4. The second kappa shape index (κ2) is 9.44. The van der Waals surface area contributed by atoms with Gasteiger partial charge in [0.25, 0.3) is 11.5 Å². The molecule has 0 aliphatic rings. The number of amides is 1. The number of methoxy groups -OCH3 is 1. The maximum Gasteiger partial charge on any atom is 0.268 e. The SMILES string of the molecule is CCOc1ccc(/C=C(\C(=O)NCCOC)n2ccccc2=O)cc1. The second-order valence-electron chi connectivity index (χ2n) is 5.19. The summed E-state index contributed by atoms with van der Waals surface area (Å²) in [6, 6.07) is 12.1. The van der Waals surface area contributed by atoms with Crippen LogP contribution in [0.25, 0.3) is 11.8 Å². The van der Waals surface area contributed by atoms with Crippen LogP contribution in [-0.4, -0.2) is 37.3 Å². The molecule has 0 fully saturated rings. The van der Waals surface area contributed by atoms with E-state index in [-0.39, 0.29) is 17.2 Å². The number of nitrogens with zero attached hydrogens (tertiary/aromatic N) is 1. The largest absolute Gasteiger partial charge is 0.494 e. The predicted octanol–water partition coefficient (Wildman–Crippen LogP) is 2.01. The normalized spacial score (nSPS) is 11.2. The summed E-state index contributed by atoms with van der Waals surface area (Å²) in [6.07, 6.45) is 3.23. The van der Waals surface area contributed by atoms with Crippen molar-refractivity contribution in [2.24, 2.45) is 0 Å². The first-order valence-corrected chi connectivity index (χ1v) is 8.05. The fraction of sp³-hybridized carbons (Fsp3) is 0.263. The van der Waals surface area contributed by atoms with Gasteiger partial charge in [-0.05, 0) is 36.8 Å². The predicted molar refractivity (Wildman–Crippen MR) is 97.4 cm³/mol. The maximum atomic E-state index is 12.5. The maximum absolute atomic E-state index is 12.5. The highest BCUT2D eigenvalue weighted by molar-refractivity contribution is 6.18. The number of benzene rings is 1. The molecule has 6 nitrogen and oxygen atoms in total. The van der Waals surface area contributed by atoms with Crippen molar-refractivity contribution >= 4 is 17.7 Å². The number of hydrogen-bond donors (Lipinski definition) is 1. The summed E-state index contributed by atoms with van der Waals surface area (Å²) in [4.78, 5) is 24.6. The van der Waals surface area contributed by atoms with Gasteiger partial charge in [-0.1, -0.05) is 18.2 Å². The zero-order chi connectivity index (χ0) is 18.1. The van der Waals surface area contributed by atoms with Gasteiger partial charge in [-0.25, -0.2) is 0 Å². The average Bonchev–Trinajstić information content (AvgIpc) is 2.62. The van der Waals surface area contributed by atoms with Crippen LogP contribution < -0.4 is 15.6 Å². The fourth-order valence-electron chi connectivity index (χ4n) is 2.21. The van der Waals surface area contributed by atoms with Crippen molar-refractivity contribution in [2.45, 2.75) is 6.92 Å². The Labute approximate surface area is 146 Å². The molecule has 0 saturated heterocycles. The van der Waals surface area contributed by atoms with Gasteiger partial charge in [0, 0.05) is 25.9 Å². The highest BCUT2D eigenvalue weighted by Crippen LogP contribution is 2.16. The molecule has 1 heterocycles. The first-order chi connectivity index (χ1) is 12.2. The Hall–Kier alpha value is -2.86. The van der Waals surface area contributed by atoms with Crippen LogP contribution in [0.1, 0.15) is 12.5 Å². The highest BCUT2D eigenvalue weighted by atomic mass is 16.5. The minimum atomic E-state index is -0.348. The molecule has 0 spiro atoms. The van der Waals surface area contributed by atoms with Crippen LogP contribution in [0, 0.1) is 0 Å². The Bertz CT molecular complexity index is 779. The molecule has 0 aliphatic carbocycles. The van der Waals surface area contributed by atoms with Gasteiger partial charge < -0.3 is 14.8 Å². The van der Waals surface area contributed by atoms with Gasteiger partial charge in [-0.2, -0.15) is 0 Å². The molecule has 1 amide bonds. The van der Waals surface area contributed by atoms with Crippen molar-refractivity contribution in [1.82, 2.24) is 9.88 Å². The van der Waals surface area contributed by atoms with E-state index < -0.39 is 0 Å². The third kappa shape index (κ3) is 5.32. The van der Waals surface area contributed by atoms with Crippen LogP contribution in [0.5, 0.6) is 5.75 Å². The zero-order valence-electron chi connectivity index (χ0n) is 14.4. The van der Waals surface area contributed by atoms with E-state index in [4.69, 9.17) is 9.47 Å². The van der Waals surface area contributed by atoms with Crippen molar-refractivity contribution in [2.75, 3.05) is 26.9 Å². The molecule has 1 N–H and O–H groups in total. The van der Waals surface area contributed by atoms with Crippen molar-refractivity contribution in [3.8, 4) is 5.75 Å².